The van der Waals surface area contributed by atoms with Gasteiger partial charge in [-0.15, -0.1) is 0 Å². The topological polar surface area (TPSA) is 71.1 Å². The van der Waals surface area contributed by atoms with Gasteiger partial charge in [0.2, 0.25) is 5.06 Å². The van der Waals surface area contributed by atoms with Gasteiger partial charge in [0.05, 0.1) is 13.7 Å². The summed E-state index contributed by atoms with van der Waals surface area (Å²) in [6.07, 6.45) is -0.812. The summed E-state index contributed by atoms with van der Waals surface area (Å²) in [6.45, 7) is 1.69. The van der Waals surface area contributed by atoms with Crippen LogP contribution in [0.4, 0.5) is 4.79 Å². The number of benzene rings is 2. The number of carbonyl (C=O) groups excluding carboxylic acids is 2. The monoisotopic (exact) mass is 386 g/mol. The largest absolute Gasteiger partial charge is 0.514 e. The average molecular weight is 386 g/mol. The molecule has 0 aliphatic carbocycles. The summed E-state index contributed by atoms with van der Waals surface area (Å²) in [5, 5.41) is 1.02. The second kappa shape index (κ2) is 8.55. The molecule has 0 aliphatic heterocycles. The molecule has 0 N–H and O–H groups in total. The Morgan fingerprint density at radius 2 is 1.89 bits per heavy atom. The Morgan fingerprint density at radius 1 is 1.07 bits per heavy atom. The van der Waals surface area contributed by atoms with Gasteiger partial charge in [0.25, 0.3) is 0 Å². The number of hydrogen-bond donors (Lipinski definition) is 0. The molecule has 3 aromatic rings. The van der Waals surface area contributed by atoms with Crippen LogP contribution in [-0.4, -0.2) is 32.3 Å². The summed E-state index contributed by atoms with van der Waals surface area (Å²) >= 11 is 1.25. The van der Waals surface area contributed by atoms with Crippen LogP contribution >= 0.6 is 11.3 Å². The number of fused-ring (bicyclic) bond motifs is 1. The molecule has 27 heavy (non-hydrogen) atoms. The van der Waals surface area contributed by atoms with Crippen LogP contribution in [0.2, 0.25) is 0 Å². The maximum atomic E-state index is 12.5. The zero-order valence-corrected chi connectivity index (χ0v) is 15.7. The number of Topliss-reactive ketones (excluding diaryl/α,β-unsaturated/α-hetero) is 1. The molecule has 0 saturated carbocycles. The minimum absolute atomic E-state index is 0.201. The molecule has 2 aromatic carbocycles. The third-order valence-corrected chi connectivity index (χ3v) is 4.73. The Morgan fingerprint density at radius 3 is 2.67 bits per heavy atom. The molecule has 3 rings (SSSR count). The van der Waals surface area contributed by atoms with Crippen molar-refractivity contribution in [2.24, 2.45) is 0 Å². The van der Waals surface area contributed by atoms with E-state index < -0.39 is 6.16 Å². The van der Waals surface area contributed by atoms with E-state index in [-0.39, 0.29) is 24.1 Å². The van der Waals surface area contributed by atoms with Crippen LogP contribution in [0, 0.1) is 0 Å². The smallest absolute Gasteiger partial charge is 0.497 e. The van der Waals surface area contributed by atoms with Crippen molar-refractivity contribution < 1.29 is 28.5 Å². The van der Waals surface area contributed by atoms with Gasteiger partial charge in [-0.25, -0.2) is 4.79 Å². The van der Waals surface area contributed by atoms with Crippen LogP contribution in [0.5, 0.6) is 16.6 Å². The standard InChI is InChI=1S/C20H18O6S/c1-3-24-20(22)26-19-18(15-9-4-5-10-17(15)27-19)25-12-16(21)13-7-6-8-14(11-13)23-2/h4-11H,3,12H2,1-2H3. The second-order valence-electron chi connectivity index (χ2n) is 5.44. The highest BCUT2D eigenvalue weighted by Crippen LogP contribution is 2.44. The SMILES string of the molecule is CCOC(=O)Oc1sc2ccccc2c1OCC(=O)c1cccc(OC)c1. The van der Waals surface area contributed by atoms with Crippen molar-refractivity contribution in [2.75, 3.05) is 20.3 Å². The average Bonchev–Trinajstić information content (AvgIpc) is 3.03. The van der Waals surface area contributed by atoms with Gasteiger partial charge in [0.15, 0.2) is 18.1 Å². The van der Waals surface area contributed by atoms with E-state index >= 15 is 0 Å². The maximum Gasteiger partial charge on any atom is 0.514 e. The number of ketones is 1. The van der Waals surface area contributed by atoms with Gasteiger partial charge in [0.1, 0.15) is 5.75 Å². The van der Waals surface area contributed by atoms with Crippen molar-refractivity contribution in [2.45, 2.75) is 6.92 Å². The fraction of sp³-hybridized carbons (Fsp3) is 0.200. The molecule has 0 unspecified atom stereocenters. The van der Waals surface area contributed by atoms with Crippen molar-refractivity contribution in [1.29, 1.82) is 0 Å². The lowest BCUT2D eigenvalue weighted by molar-refractivity contribution is 0.0916. The Hall–Kier alpha value is -3.06. The fourth-order valence-corrected chi connectivity index (χ4v) is 3.43. The third-order valence-electron chi connectivity index (χ3n) is 3.70. The summed E-state index contributed by atoms with van der Waals surface area (Å²) < 4.78 is 21.8. The summed E-state index contributed by atoms with van der Waals surface area (Å²) in [7, 11) is 1.54. The van der Waals surface area contributed by atoms with E-state index in [4.69, 9.17) is 18.9 Å². The fourth-order valence-electron chi connectivity index (χ4n) is 2.44. The molecule has 0 spiro atoms. The Labute approximate surface area is 160 Å². The lowest BCUT2D eigenvalue weighted by Crippen LogP contribution is -2.13. The van der Waals surface area contributed by atoms with Crippen molar-refractivity contribution in [3.05, 3.63) is 54.1 Å². The molecule has 0 aliphatic rings. The first-order valence-corrected chi connectivity index (χ1v) is 9.10. The molecule has 7 heteroatoms. The summed E-state index contributed by atoms with van der Waals surface area (Å²) in [5.41, 5.74) is 0.474. The van der Waals surface area contributed by atoms with Crippen LogP contribution in [0.3, 0.4) is 0 Å². The normalized spacial score (nSPS) is 10.4. The lowest BCUT2D eigenvalue weighted by Gasteiger charge is -2.08. The number of carbonyl (C=O) groups is 2. The molecule has 0 bridgehead atoms. The van der Waals surface area contributed by atoms with Crippen LogP contribution in [0.25, 0.3) is 10.1 Å². The highest BCUT2D eigenvalue weighted by atomic mass is 32.1. The van der Waals surface area contributed by atoms with Crippen LogP contribution in [-0.2, 0) is 4.74 Å². The van der Waals surface area contributed by atoms with Crippen molar-refractivity contribution >= 4 is 33.4 Å². The molecule has 0 radical (unpaired) electrons. The number of ether oxygens (including phenoxy) is 4. The Bertz CT molecular complexity index is 962. The van der Waals surface area contributed by atoms with Crippen LogP contribution in [0.15, 0.2) is 48.5 Å². The first kappa shape index (κ1) is 18.7. The molecule has 1 heterocycles. The molecule has 0 amide bonds. The van der Waals surface area contributed by atoms with E-state index in [0.29, 0.717) is 17.1 Å². The van der Waals surface area contributed by atoms with E-state index in [2.05, 4.69) is 0 Å². The minimum Gasteiger partial charge on any atom is -0.497 e. The predicted octanol–water partition coefficient (Wildman–Crippen LogP) is 4.71. The van der Waals surface area contributed by atoms with E-state index in [0.717, 1.165) is 10.1 Å². The van der Waals surface area contributed by atoms with Crippen LogP contribution in [0.1, 0.15) is 17.3 Å². The van der Waals surface area contributed by atoms with Gasteiger partial charge >= 0.3 is 6.16 Å². The Kier molecular flexibility index (Phi) is 5.93. The van der Waals surface area contributed by atoms with E-state index in [1.165, 1.54) is 18.4 Å². The molecule has 6 nitrogen and oxygen atoms in total. The highest BCUT2D eigenvalue weighted by molar-refractivity contribution is 7.21. The van der Waals surface area contributed by atoms with Gasteiger partial charge in [-0.2, -0.15) is 0 Å². The molecule has 0 saturated heterocycles. The first-order valence-electron chi connectivity index (χ1n) is 8.28. The summed E-state index contributed by atoms with van der Waals surface area (Å²) in [5.74, 6) is 0.722. The Balaban J connectivity index is 1.82. The third kappa shape index (κ3) is 4.38. The predicted molar refractivity (Wildman–Crippen MR) is 102 cm³/mol. The minimum atomic E-state index is -0.812. The maximum absolute atomic E-state index is 12.5. The summed E-state index contributed by atoms with van der Waals surface area (Å²) in [4.78, 5) is 24.2. The number of methoxy groups -OCH3 is 1. The molecule has 140 valence electrons. The zero-order chi connectivity index (χ0) is 19.2. The van der Waals surface area contributed by atoms with E-state index in [9.17, 15) is 9.59 Å². The van der Waals surface area contributed by atoms with E-state index in [1.807, 2.05) is 24.3 Å². The molecule has 1 aromatic heterocycles. The van der Waals surface area contributed by atoms with Gasteiger partial charge in [-0.1, -0.05) is 35.6 Å². The first-order chi connectivity index (χ1) is 13.1. The van der Waals surface area contributed by atoms with Gasteiger partial charge in [-0.05, 0) is 31.2 Å². The van der Waals surface area contributed by atoms with Gasteiger partial charge in [-0.3, -0.25) is 4.79 Å². The second-order valence-corrected chi connectivity index (χ2v) is 6.46. The molecule has 0 fully saturated rings. The van der Waals surface area contributed by atoms with Crippen molar-refractivity contribution in [1.82, 2.24) is 0 Å². The lowest BCUT2D eigenvalue weighted by atomic mass is 10.1. The number of rotatable bonds is 7. The zero-order valence-electron chi connectivity index (χ0n) is 14.9. The number of thiophene rings is 1. The van der Waals surface area contributed by atoms with E-state index in [1.54, 1.807) is 31.2 Å². The van der Waals surface area contributed by atoms with Crippen molar-refractivity contribution in [3.63, 3.8) is 0 Å². The van der Waals surface area contributed by atoms with Crippen LogP contribution < -0.4 is 14.2 Å². The molecular weight excluding hydrogens is 368 g/mol. The highest BCUT2D eigenvalue weighted by Gasteiger charge is 2.20. The van der Waals surface area contributed by atoms with Crippen molar-refractivity contribution in [3.8, 4) is 16.6 Å². The molecular formula is C20H18O6S. The summed E-state index contributed by atoms with van der Waals surface area (Å²) in [6, 6.07) is 14.3. The van der Waals surface area contributed by atoms with Gasteiger partial charge < -0.3 is 18.9 Å². The number of hydrogen-bond acceptors (Lipinski definition) is 7. The quantitative estimate of drug-likeness (QED) is 0.433. The van der Waals surface area contributed by atoms with Gasteiger partial charge in [0, 0.05) is 15.6 Å². The molecule has 0 atom stereocenters.